The van der Waals surface area contributed by atoms with Crippen LogP contribution in [0.3, 0.4) is 0 Å². The van der Waals surface area contributed by atoms with Gasteiger partial charge in [0, 0.05) is 0 Å². The van der Waals surface area contributed by atoms with Crippen LogP contribution in [0.2, 0.25) is 0 Å². The van der Waals surface area contributed by atoms with Gasteiger partial charge >= 0.3 is 11.9 Å². The lowest BCUT2D eigenvalue weighted by atomic mass is 9.80. The molecule has 0 aromatic heterocycles. The molecule has 0 aliphatic carbocycles. The van der Waals surface area contributed by atoms with Gasteiger partial charge < -0.3 is 9.47 Å². The van der Waals surface area contributed by atoms with Gasteiger partial charge in [0.05, 0.1) is 14.2 Å². The number of methoxy groups -OCH3 is 2. The van der Waals surface area contributed by atoms with E-state index >= 15 is 0 Å². The van der Waals surface area contributed by atoms with Gasteiger partial charge in [-0.3, -0.25) is 9.59 Å². The van der Waals surface area contributed by atoms with E-state index < -0.39 is 17.4 Å². The summed E-state index contributed by atoms with van der Waals surface area (Å²) in [4.78, 5) is 24.3. The highest BCUT2D eigenvalue weighted by Crippen LogP contribution is 2.32. The molecule has 0 radical (unpaired) electrons. The van der Waals surface area contributed by atoms with Gasteiger partial charge in [-0.15, -0.1) is 12.8 Å². The summed E-state index contributed by atoms with van der Waals surface area (Å²) in [6.45, 7) is 3.42. The molecule has 0 saturated carbocycles. The first-order chi connectivity index (χ1) is 9.87. The molecular weight excluding hydrogens is 268 g/mol. The minimum absolute atomic E-state index is 0.0801. The third-order valence-electron chi connectivity index (χ3n) is 3.12. The Labute approximate surface area is 126 Å². The predicted molar refractivity (Wildman–Crippen MR) is 80.9 cm³/mol. The highest BCUT2D eigenvalue weighted by Gasteiger charge is 2.46. The first kappa shape index (κ1) is 18.5. The second-order valence-corrected chi connectivity index (χ2v) is 4.54. The number of carbonyl (C=O) groups excluding carboxylic acids is 2. The van der Waals surface area contributed by atoms with Crippen LogP contribution < -0.4 is 0 Å². The number of esters is 2. The molecule has 0 saturated heterocycles. The largest absolute Gasteiger partial charge is 0.468 e. The average Bonchev–Trinajstić information content (AvgIpc) is 2.52. The van der Waals surface area contributed by atoms with E-state index in [9.17, 15) is 9.59 Å². The van der Waals surface area contributed by atoms with Crippen LogP contribution in [0.15, 0.2) is 23.3 Å². The van der Waals surface area contributed by atoms with Crippen molar-refractivity contribution in [2.24, 2.45) is 5.41 Å². The van der Waals surface area contributed by atoms with Crippen LogP contribution >= 0.6 is 0 Å². The van der Waals surface area contributed by atoms with Gasteiger partial charge in [0.15, 0.2) is 5.41 Å². The van der Waals surface area contributed by atoms with E-state index in [4.69, 9.17) is 22.3 Å². The predicted octanol–water partition coefficient (Wildman–Crippen LogP) is 2.26. The van der Waals surface area contributed by atoms with E-state index in [2.05, 4.69) is 11.8 Å². The SMILES string of the molecule is C#C/C(C)=C/CC(C/C=C(\C)C#C)(C(=O)OC)C(=O)OC. The smallest absolute Gasteiger partial charge is 0.323 e. The van der Waals surface area contributed by atoms with Gasteiger partial charge in [-0.05, 0) is 37.8 Å². The fourth-order valence-corrected chi connectivity index (χ4v) is 1.66. The molecule has 112 valence electrons. The van der Waals surface area contributed by atoms with E-state index in [0.717, 1.165) is 0 Å². The highest BCUT2D eigenvalue weighted by molar-refractivity contribution is 6.00. The zero-order valence-electron chi connectivity index (χ0n) is 12.9. The third kappa shape index (κ3) is 4.85. The van der Waals surface area contributed by atoms with Crippen molar-refractivity contribution < 1.29 is 19.1 Å². The van der Waals surface area contributed by atoms with E-state index in [1.54, 1.807) is 26.0 Å². The molecule has 21 heavy (non-hydrogen) atoms. The Balaban J connectivity index is 5.77. The molecule has 0 amide bonds. The number of carbonyl (C=O) groups is 2. The molecular formula is C17H20O4. The maximum Gasteiger partial charge on any atom is 0.323 e. The number of allylic oxidation sites excluding steroid dienone is 4. The summed E-state index contributed by atoms with van der Waals surface area (Å²) < 4.78 is 9.54. The van der Waals surface area contributed by atoms with Crippen LogP contribution in [0, 0.1) is 30.1 Å². The fourth-order valence-electron chi connectivity index (χ4n) is 1.66. The lowest BCUT2D eigenvalue weighted by Crippen LogP contribution is -2.40. The average molecular weight is 288 g/mol. The van der Waals surface area contributed by atoms with Gasteiger partial charge in [0.25, 0.3) is 0 Å². The van der Waals surface area contributed by atoms with Crippen LogP contribution in [0.1, 0.15) is 26.7 Å². The standard InChI is InChI=1S/C17H20O4/c1-7-13(3)9-11-17(15(18)20-5,16(19)21-6)12-10-14(4)8-2/h1-2,9-10H,11-12H2,3-6H3/b13-9+,14-10+. The molecule has 0 aliphatic heterocycles. The molecule has 0 rings (SSSR count). The summed E-state index contributed by atoms with van der Waals surface area (Å²) in [6.07, 6.45) is 14.0. The van der Waals surface area contributed by atoms with Gasteiger partial charge in [0.1, 0.15) is 0 Å². The Morgan fingerprint density at radius 1 is 0.952 bits per heavy atom. The fraction of sp³-hybridized carbons (Fsp3) is 0.412. The van der Waals surface area contributed by atoms with Crippen LogP contribution in [-0.2, 0) is 19.1 Å². The minimum Gasteiger partial charge on any atom is -0.468 e. The third-order valence-corrected chi connectivity index (χ3v) is 3.12. The van der Waals surface area contributed by atoms with E-state index in [1.807, 2.05) is 0 Å². The first-order valence-corrected chi connectivity index (χ1v) is 6.31. The number of ether oxygens (including phenoxy) is 2. The summed E-state index contributed by atoms with van der Waals surface area (Å²) in [5.41, 5.74) is -0.255. The van der Waals surface area contributed by atoms with E-state index in [1.165, 1.54) is 14.2 Å². The number of rotatable bonds is 6. The molecule has 4 heteroatoms. The molecule has 0 atom stereocenters. The van der Waals surface area contributed by atoms with Crippen LogP contribution in [-0.4, -0.2) is 26.2 Å². The van der Waals surface area contributed by atoms with Gasteiger partial charge in [-0.1, -0.05) is 24.0 Å². The van der Waals surface area contributed by atoms with Gasteiger partial charge in [-0.2, -0.15) is 0 Å². The molecule has 0 unspecified atom stereocenters. The summed E-state index contributed by atoms with van der Waals surface area (Å²) >= 11 is 0. The molecule has 0 bridgehead atoms. The van der Waals surface area contributed by atoms with Gasteiger partial charge in [0.2, 0.25) is 0 Å². The molecule has 0 heterocycles. The maximum absolute atomic E-state index is 12.2. The van der Waals surface area contributed by atoms with Crippen molar-refractivity contribution in [1.82, 2.24) is 0 Å². The summed E-state index contributed by atoms with van der Waals surface area (Å²) in [5.74, 6) is 3.51. The first-order valence-electron chi connectivity index (χ1n) is 6.31. The van der Waals surface area contributed by atoms with Crippen molar-refractivity contribution in [2.45, 2.75) is 26.7 Å². The number of hydrogen-bond donors (Lipinski definition) is 0. The van der Waals surface area contributed by atoms with Gasteiger partial charge in [-0.25, -0.2) is 0 Å². The molecule has 0 spiro atoms. The molecule has 0 aromatic rings. The van der Waals surface area contributed by atoms with Crippen molar-refractivity contribution >= 4 is 11.9 Å². The van der Waals surface area contributed by atoms with Crippen molar-refractivity contribution in [2.75, 3.05) is 14.2 Å². The normalized spacial score (nSPS) is 12.1. The monoisotopic (exact) mass is 288 g/mol. The number of hydrogen-bond acceptors (Lipinski definition) is 4. The zero-order chi connectivity index (χ0) is 16.5. The van der Waals surface area contributed by atoms with E-state index in [-0.39, 0.29) is 12.8 Å². The molecule has 4 nitrogen and oxygen atoms in total. The van der Waals surface area contributed by atoms with Crippen molar-refractivity contribution in [1.29, 1.82) is 0 Å². The highest BCUT2D eigenvalue weighted by atomic mass is 16.5. The zero-order valence-corrected chi connectivity index (χ0v) is 12.9. The molecule has 0 aromatic carbocycles. The number of terminal acetylenes is 2. The Morgan fingerprint density at radius 2 is 1.29 bits per heavy atom. The Morgan fingerprint density at radius 3 is 1.52 bits per heavy atom. The van der Waals surface area contributed by atoms with Crippen molar-refractivity contribution in [3.63, 3.8) is 0 Å². The van der Waals surface area contributed by atoms with E-state index in [0.29, 0.717) is 11.1 Å². The Kier molecular flexibility index (Phi) is 7.65. The lowest BCUT2D eigenvalue weighted by molar-refractivity contribution is -0.168. The van der Waals surface area contributed by atoms with Crippen LogP contribution in [0.4, 0.5) is 0 Å². The van der Waals surface area contributed by atoms with Crippen molar-refractivity contribution in [3.05, 3.63) is 23.3 Å². The van der Waals surface area contributed by atoms with Crippen molar-refractivity contribution in [3.8, 4) is 24.7 Å². The van der Waals surface area contributed by atoms with Crippen LogP contribution in [0.25, 0.3) is 0 Å². The minimum atomic E-state index is -1.49. The van der Waals surface area contributed by atoms with Crippen LogP contribution in [0.5, 0.6) is 0 Å². The maximum atomic E-state index is 12.2. The molecule has 0 N–H and O–H groups in total. The Hall–Kier alpha value is -2.46. The molecule has 0 aliphatic rings. The summed E-state index contributed by atoms with van der Waals surface area (Å²) in [6, 6.07) is 0. The summed E-state index contributed by atoms with van der Waals surface area (Å²) in [5, 5.41) is 0. The Bertz CT molecular complexity index is 488. The molecule has 0 fully saturated rings. The quantitative estimate of drug-likeness (QED) is 0.427. The topological polar surface area (TPSA) is 52.6 Å². The second-order valence-electron chi connectivity index (χ2n) is 4.54. The lowest BCUT2D eigenvalue weighted by Gasteiger charge is -2.26. The summed E-state index contributed by atoms with van der Waals surface area (Å²) in [7, 11) is 2.44. The second kappa shape index (κ2) is 8.66.